The number of piperidine rings is 1. The van der Waals surface area contributed by atoms with Crippen LogP contribution in [0.2, 0.25) is 0 Å². The van der Waals surface area contributed by atoms with E-state index in [1.165, 1.54) is 5.56 Å². The predicted molar refractivity (Wildman–Crippen MR) is 95.1 cm³/mol. The second kappa shape index (κ2) is 6.78. The summed E-state index contributed by atoms with van der Waals surface area (Å²) in [6, 6.07) is 8.32. The second-order valence-electron chi connectivity index (χ2n) is 6.98. The third-order valence-corrected chi connectivity index (χ3v) is 5.46. The van der Waals surface area contributed by atoms with Crippen molar-refractivity contribution in [3.05, 3.63) is 48.4 Å². The van der Waals surface area contributed by atoms with Crippen molar-refractivity contribution in [3.8, 4) is 0 Å². The van der Waals surface area contributed by atoms with E-state index in [4.69, 9.17) is 0 Å². The number of rotatable bonds is 4. The summed E-state index contributed by atoms with van der Waals surface area (Å²) in [5, 5.41) is 8.13. The van der Waals surface area contributed by atoms with Gasteiger partial charge in [0.1, 0.15) is 0 Å². The second-order valence-corrected chi connectivity index (χ2v) is 6.98. The minimum absolute atomic E-state index is 0.151. The van der Waals surface area contributed by atoms with Crippen LogP contribution in [-0.2, 0) is 4.79 Å². The zero-order valence-electron chi connectivity index (χ0n) is 14.5. The summed E-state index contributed by atoms with van der Waals surface area (Å²) < 4.78 is 0. The van der Waals surface area contributed by atoms with Crippen molar-refractivity contribution in [2.45, 2.75) is 31.2 Å². The van der Waals surface area contributed by atoms with Gasteiger partial charge in [-0.1, -0.05) is 6.07 Å². The van der Waals surface area contributed by atoms with Gasteiger partial charge in [0.25, 0.3) is 0 Å². The Morgan fingerprint density at radius 2 is 2.00 bits per heavy atom. The van der Waals surface area contributed by atoms with Crippen molar-refractivity contribution in [2.75, 3.05) is 25.0 Å². The zero-order chi connectivity index (χ0) is 17.2. The molecule has 6 heteroatoms. The molecule has 2 aliphatic rings. The summed E-state index contributed by atoms with van der Waals surface area (Å²) in [5.74, 6) is 1.72. The molecule has 2 fully saturated rings. The third kappa shape index (κ3) is 3.34. The van der Waals surface area contributed by atoms with Crippen LogP contribution in [0.4, 0.5) is 5.82 Å². The highest BCUT2D eigenvalue weighted by molar-refractivity contribution is 5.83. The average Bonchev–Trinajstić information content (AvgIpc) is 3.49. The largest absolute Gasteiger partial charge is 0.355 e. The molecular formula is C19H23N5O. The van der Waals surface area contributed by atoms with Crippen LogP contribution in [0, 0.1) is 5.92 Å². The van der Waals surface area contributed by atoms with Gasteiger partial charge < -0.3 is 9.80 Å². The molecule has 4 rings (SSSR count). The highest BCUT2D eigenvalue weighted by Gasteiger charge is 2.46. The normalized spacial score (nSPS) is 23.3. The molecule has 0 spiro atoms. The number of nitrogens with zero attached hydrogens (tertiary/aromatic N) is 5. The lowest BCUT2D eigenvalue weighted by molar-refractivity contribution is -0.133. The number of pyridine rings is 1. The fraction of sp³-hybridized carbons (Fsp3) is 0.474. The van der Waals surface area contributed by atoms with Crippen molar-refractivity contribution < 1.29 is 4.79 Å². The Hall–Kier alpha value is -2.50. The zero-order valence-corrected chi connectivity index (χ0v) is 14.5. The molecule has 6 nitrogen and oxygen atoms in total. The maximum Gasteiger partial charge on any atom is 0.226 e. The maximum absolute atomic E-state index is 12.8. The fourth-order valence-electron chi connectivity index (χ4n) is 3.81. The minimum Gasteiger partial charge on any atom is -0.355 e. The monoisotopic (exact) mass is 337 g/mol. The lowest BCUT2D eigenvalue weighted by Gasteiger charge is -2.37. The standard InChI is InChI=1S/C19H23N5O/c1-23(18-5-3-9-21-22-18)15-6-10-24(11-7-15)19(25)17-12-16(17)14-4-2-8-20-13-14/h2-5,8-9,13,15-17H,6-7,10-12H2,1H3/t16-,17-/m0/s1. The van der Waals surface area contributed by atoms with Crippen LogP contribution in [0.25, 0.3) is 0 Å². The fourth-order valence-corrected chi connectivity index (χ4v) is 3.81. The first kappa shape index (κ1) is 16.0. The quantitative estimate of drug-likeness (QED) is 0.855. The Morgan fingerprint density at radius 1 is 1.20 bits per heavy atom. The molecule has 0 unspecified atom stereocenters. The van der Waals surface area contributed by atoms with Gasteiger partial charge in [0.15, 0.2) is 5.82 Å². The molecule has 0 radical (unpaired) electrons. The lowest BCUT2D eigenvalue weighted by atomic mass is 10.0. The van der Waals surface area contributed by atoms with E-state index in [1.807, 2.05) is 29.3 Å². The van der Waals surface area contributed by atoms with Crippen LogP contribution in [0.3, 0.4) is 0 Å². The number of anilines is 1. The van der Waals surface area contributed by atoms with Gasteiger partial charge in [0, 0.05) is 50.7 Å². The molecule has 1 saturated heterocycles. The van der Waals surface area contributed by atoms with E-state index in [0.29, 0.717) is 17.9 Å². The number of amides is 1. The van der Waals surface area contributed by atoms with Gasteiger partial charge in [0.2, 0.25) is 5.91 Å². The van der Waals surface area contributed by atoms with E-state index < -0.39 is 0 Å². The first-order chi connectivity index (χ1) is 12.2. The average molecular weight is 337 g/mol. The predicted octanol–water partition coefficient (Wildman–Crippen LogP) is 2.10. The Bertz CT molecular complexity index is 715. The summed E-state index contributed by atoms with van der Waals surface area (Å²) in [7, 11) is 2.06. The molecule has 25 heavy (non-hydrogen) atoms. The molecule has 130 valence electrons. The molecule has 1 amide bonds. The number of aromatic nitrogens is 3. The smallest absolute Gasteiger partial charge is 0.226 e. The molecule has 1 aliphatic heterocycles. The van der Waals surface area contributed by atoms with E-state index in [9.17, 15) is 4.79 Å². The van der Waals surface area contributed by atoms with E-state index in [1.54, 1.807) is 12.4 Å². The van der Waals surface area contributed by atoms with E-state index in [0.717, 1.165) is 38.2 Å². The molecule has 0 bridgehead atoms. The van der Waals surface area contributed by atoms with Crippen LogP contribution < -0.4 is 4.90 Å². The molecule has 0 aromatic carbocycles. The molecular weight excluding hydrogens is 314 g/mol. The third-order valence-electron chi connectivity index (χ3n) is 5.46. The summed E-state index contributed by atoms with van der Waals surface area (Å²) in [4.78, 5) is 21.2. The summed E-state index contributed by atoms with van der Waals surface area (Å²) >= 11 is 0. The van der Waals surface area contributed by atoms with Crippen molar-refractivity contribution in [2.24, 2.45) is 5.92 Å². The maximum atomic E-state index is 12.8. The Kier molecular flexibility index (Phi) is 4.34. The van der Waals surface area contributed by atoms with Crippen LogP contribution in [0.15, 0.2) is 42.9 Å². The molecule has 1 aliphatic carbocycles. The molecule has 2 aromatic rings. The van der Waals surface area contributed by atoms with Gasteiger partial charge in [-0.2, -0.15) is 5.10 Å². The number of likely N-dealkylation sites (tertiary alicyclic amines) is 1. The molecule has 2 atom stereocenters. The van der Waals surface area contributed by atoms with Gasteiger partial charge in [-0.3, -0.25) is 9.78 Å². The van der Waals surface area contributed by atoms with Crippen LogP contribution in [0.1, 0.15) is 30.7 Å². The SMILES string of the molecule is CN(c1cccnn1)C1CCN(C(=O)[C@H]2C[C@H]2c2cccnc2)CC1. The Labute approximate surface area is 147 Å². The summed E-state index contributed by atoms with van der Waals surface area (Å²) in [6.07, 6.45) is 8.27. The van der Waals surface area contributed by atoms with Crippen molar-refractivity contribution >= 4 is 11.7 Å². The number of hydrogen-bond acceptors (Lipinski definition) is 5. The van der Waals surface area contributed by atoms with Gasteiger partial charge in [-0.25, -0.2) is 0 Å². The van der Waals surface area contributed by atoms with E-state index >= 15 is 0 Å². The molecule has 3 heterocycles. The van der Waals surface area contributed by atoms with Gasteiger partial charge in [-0.15, -0.1) is 5.10 Å². The highest BCUT2D eigenvalue weighted by Crippen LogP contribution is 2.48. The van der Waals surface area contributed by atoms with Crippen LogP contribution in [-0.4, -0.2) is 52.2 Å². The van der Waals surface area contributed by atoms with Crippen molar-refractivity contribution in [1.29, 1.82) is 0 Å². The number of hydrogen-bond donors (Lipinski definition) is 0. The van der Waals surface area contributed by atoms with E-state index in [-0.39, 0.29) is 5.92 Å². The first-order valence-electron chi connectivity index (χ1n) is 8.93. The highest BCUT2D eigenvalue weighted by atomic mass is 16.2. The van der Waals surface area contributed by atoms with Crippen molar-refractivity contribution in [1.82, 2.24) is 20.1 Å². The van der Waals surface area contributed by atoms with Crippen molar-refractivity contribution in [3.63, 3.8) is 0 Å². The Balaban J connectivity index is 1.31. The Morgan fingerprint density at radius 3 is 2.68 bits per heavy atom. The molecule has 1 saturated carbocycles. The van der Waals surface area contributed by atoms with Gasteiger partial charge in [-0.05, 0) is 48.9 Å². The molecule has 0 N–H and O–H groups in total. The number of carbonyl (C=O) groups is 1. The van der Waals surface area contributed by atoms with Gasteiger partial charge in [0.05, 0.1) is 0 Å². The minimum atomic E-state index is 0.151. The van der Waals surface area contributed by atoms with E-state index in [2.05, 4.69) is 33.2 Å². The summed E-state index contributed by atoms with van der Waals surface area (Å²) in [5.41, 5.74) is 1.19. The van der Waals surface area contributed by atoms with Crippen LogP contribution >= 0.6 is 0 Å². The number of carbonyl (C=O) groups excluding carboxylic acids is 1. The topological polar surface area (TPSA) is 62.2 Å². The van der Waals surface area contributed by atoms with Crippen LogP contribution in [0.5, 0.6) is 0 Å². The molecule has 2 aromatic heterocycles. The lowest BCUT2D eigenvalue weighted by Crippen LogP contribution is -2.46. The van der Waals surface area contributed by atoms with Gasteiger partial charge >= 0.3 is 0 Å². The summed E-state index contributed by atoms with van der Waals surface area (Å²) in [6.45, 7) is 1.65. The first-order valence-corrected chi connectivity index (χ1v) is 8.93.